The molecular weight excluding hydrogens is 356 g/mol. The van der Waals surface area contributed by atoms with Crippen molar-refractivity contribution in [1.82, 2.24) is 25.1 Å². The van der Waals surface area contributed by atoms with Gasteiger partial charge in [0, 0.05) is 18.2 Å². The predicted octanol–water partition coefficient (Wildman–Crippen LogP) is 2.62. The van der Waals surface area contributed by atoms with E-state index >= 15 is 0 Å². The molecule has 8 heteroatoms. The van der Waals surface area contributed by atoms with Crippen LogP contribution in [0.2, 0.25) is 0 Å². The summed E-state index contributed by atoms with van der Waals surface area (Å²) >= 11 is 0. The van der Waals surface area contributed by atoms with E-state index in [0.717, 1.165) is 49.6 Å². The second kappa shape index (κ2) is 8.62. The molecule has 0 aliphatic carbocycles. The van der Waals surface area contributed by atoms with Crippen LogP contribution in [0.15, 0.2) is 59.5 Å². The average Bonchev–Trinajstić information content (AvgIpc) is 3.43. The third-order valence-electron chi connectivity index (χ3n) is 4.90. The van der Waals surface area contributed by atoms with Crippen LogP contribution >= 0.6 is 0 Å². The van der Waals surface area contributed by atoms with Crippen molar-refractivity contribution < 1.29 is 9.21 Å². The molecule has 2 aromatic heterocycles. The van der Waals surface area contributed by atoms with Crippen molar-refractivity contribution in [2.75, 3.05) is 25.0 Å². The number of nitrogens with zero attached hydrogens (tertiary/aromatic N) is 5. The minimum atomic E-state index is 0.0458. The maximum absolute atomic E-state index is 12.6. The minimum Gasteiger partial charge on any atom is -0.465 e. The number of anilines is 1. The summed E-state index contributed by atoms with van der Waals surface area (Å²) in [5, 5.41) is 14.1. The number of nitrogens with one attached hydrogen (secondary N) is 1. The third kappa shape index (κ3) is 4.52. The van der Waals surface area contributed by atoms with E-state index in [1.54, 1.807) is 10.9 Å². The molecule has 0 spiro atoms. The zero-order valence-corrected chi connectivity index (χ0v) is 15.4. The Hall–Kier alpha value is -3.26. The summed E-state index contributed by atoms with van der Waals surface area (Å²) in [6.45, 7) is 2.70. The van der Waals surface area contributed by atoms with Crippen LogP contribution in [0.3, 0.4) is 0 Å². The van der Waals surface area contributed by atoms with Crippen molar-refractivity contribution >= 4 is 17.7 Å². The molecule has 144 valence electrons. The fourth-order valence-electron chi connectivity index (χ4n) is 3.30. The number of tetrazole rings is 1. The Morgan fingerprint density at radius 3 is 2.71 bits per heavy atom. The molecule has 4 rings (SSSR count). The van der Waals surface area contributed by atoms with Gasteiger partial charge in [-0.2, -0.15) is 0 Å². The Labute approximate surface area is 162 Å². The minimum absolute atomic E-state index is 0.0458. The van der Waals surface area contributed by atoms with E-state index in [0.29, 0.717) is 0 Å². The van der Waals surface area contributed by atoms with E-state index in [2.05, 4.69) is 31.8 Å². The van der Waals surface area contributed by atoms with Gasteiger partial charge in [0.05, 0.1) is 12.0 Å². The number of rotatable bonds is 6. The lowest BCUT2D eigenvalue weighted by atomic mass is 9.96. The van der Waals surface area contributed by atoms with Gasteiger partial charge in [0.25, 0.3) is 0 Å². The van der Waals surface area contributed by atoms with Gasteiger partial charge in [-0.25, -0.2) is 4.68 Å². The van der Waals surface area contributed by atoms with Gasteiger partial charge in [0.2, 0.25) is 5.91 Å². The number of likely N-dealkylation sites (tertiary alicyclic amines) is 1. The van der Waals surface area contributed by atoms with Gasteiger partial charge in [-0.05, 0) is 78.8 Å². The molecule has 1 aliphatic rings. The lowest BCUT2D eigenvalue weighted by Crippen LogP contribution is -2.38. The van der Waals surface area contributed by atoms with Crippen LogP contribution in [-0.2, 0) is 4.79 Å². The highest BCUT2D eigenvalue weighted by molar-refractivity contribution is 5.92. The van der Waals surface area contributed by atoms with Crippen molar-refractivity contribution in [3.05, 3.63) is 60.8 Å². The first-order valence-electron chi connectivity index (χ1n) is 9.34. The van der Waals surface area contributed by atoms with E-state index < -0.39 is 0 Å². The molecule has 1 amide bonds. The smallest absolute Gasteiger partial charge is 0.227 e. The first-order valence-corrected chi connectivity index (χ1v) is 9.34. The summed E-state index contributed by atoms with van der Waals surface area (Å²) in [5.74, 6) is 0.991. The molecule has 3 heterocycles. The fourth-order valence-corrected chi connectivity index (χ4v) is 3.30. The quantitative estimate of drug-likeness (QED) is 0.709. The average molecular weight is 378 g/mol. The van der Waals surface area contributed by atoms with Crippen molar-refractivity contribution in [2.45, 2.75) is 12.8 Å². The first kappa shape index (κ1) is 18.1. The predicted molar refractivity (Wildman–Crippen MR) is 105 cm³/mol. The number of carbonyl (C=O) groups excluding carboxylic acids is 1. The number of benzene rings is 1. The van der Waals surface area contributed by atoms with Crippen LogP contribution in [0.4, 0.5) is 5.69 Å². The summed E-state index contributed by atoms with van der Waals surface area (Å²) in [4.78, 5) is 14.9. The third-order valence-corrected chi connectivity index (χ3v) is 4.90. The Balaban J connectivity index is 1.24. The fraction of sp³-hybridized carbons (Fsp3) is 0.300. The number of piperidine rings is 1. The SMILES string of the molecule is O=C(Nc1ccc(-n2cnnn2)cc1)C1CCN(CC=Cc2ccco2)CC1. The molecule has 3 aromatic rings. The molecule has 0 saturated carbocycles. The molecule has 8 nitrogen and oxygen atoms in total. The molecule has 0 unspecified atom stereocenters. The zero-order valence-electron chi connectivity index (χ0n) is 15.4. The van der Waals surface area contributed by atoms with Gasteiger partial charge in [-0.15, -0.1) is 5.10 Å². The molecule has 1 fully saturated rings. The lowest BCUT2D eigenvalue weighted by Gasteiger charge is -2.30. The van der Waals surface area contributed by atoms with E-state index in [1.165, 1.54) is 6.33 Å². The number of hydrogen-bond acceptors (Lipinski definition) is 6. The summed E-state index contributed by atoms with van der Waals surface area (Å²) < 4.78 is 6.86. The van der Waals surface area contributed by atoms with Crippen LogP contribution in [0.25, 0.3) is 11.8 Å². The largest absolute Gasteiger partial charge is 0.465 e. The normalized spacial score (nSPS) is 15.9. The van der Waals surface area contributed by atoms with Crippen molar-refractivity contribution in [3.8, 4) is 5.69 Å². The first-order chi connectivity index (χ1) is 13.8. The van der Waals surface area contributed by atoms with E-state index in [4.69, 9.17) is 4.42 Å². The van der Waals surface area contributed by atoms with Gasteiger partial charge >= 0.3 is 0 Å². The number of amides is 1. The van der Waals surface area contributed by atoms with Crippen molar-refractivity contribution in [1.29, 1.82) is 0 Å². The number of hydrogen-bond donors (Lipinski definition) is 1. The molecule has 0 atom stereocenters. The van der Waals surface area contributed by atoms with Gasteiger partial charge in [-0.3, -0.25) is 9.69 Å². The maximum atomic E-state index is 12.6. The molecule has 0 radical (unpaired) electrons. The number of aromatic nitrogens is 4. The van der Waals surface area contributed by atoms with Crippen LogP contribution in [0, 0.1) is 5.92 Å². The number of carbonyl (C=O) groups is 1. The maximum Gasteiger partial charge on any atom is 0.227 e. The lowest BCUT2D eigenvalue weighted by molar-refractivity contribution is -0.121. The number of furan rings is 1. The summed E-state index contributed by atoms with van der Waals surface area (Å²) in [7, 11) is 0. The van der Waals surface area contributed by atoms with E-state index in [1.807, 2.05) is 42.5 Å². The second-order valence-electron chi connectivity index (χ2n) is 6.78. The Bertz CT molecular complexity index is 895. The van der Waals surface area contributed by atoms with E-state index in [9.17, 15) is 4.79 Å². The molecule has 1 N–H and O–H groups in total. The second-order valence-corrected chi connectivity index (χ2v) is 6.78. The van der Waals surface area contributed by atoms with Crippen molar-refractivity contribution in [2.24, 2.45) is 5.92 Å². The Kier molecular flexibility index (Phi) is 5.58. The summed E-state index contributed by atoms with van der Waals surface area (Å²) in [6.07, 6.45) is 9.02. The highest BCUT2D eigenvalue weighted by Crippen LogP contribution is 2.20. The monoisotopic (exact) mass is 378 g/mol. The Morgan fingerprint density at radius 2 is 2.04 bits per heavy atom. The van der Waals surface area contributed by atoms with Crippen LogP contribution in [0.5, 0.6) is 0 Å². The topological polar surface area (TPSA) is 89.1 Å². The Morgan fingerprint density at radius 1 is 1.21 bits per heavy atom. The molecular formula is C20H22N6O2. The molecule has 1 aliphatic heterocycles. The van der Waals surface area contributed by atoms with Crippen LogP contribution in [-0.4, -0.2) is 50.6 Å². The molecule has 1 aromatic carbocycles. The van der Waals surface area contributed by atoms with Gasteiger partial charge in [-0.1, -0.05) is 6.08 Å². The molecule has 0 bridgehead atoms. The standard InChI is InChI=1S/C20H22N6O2/c27-20(22-17-5-7-18(8-6-17)26-15-21-23-24-26)16-9-12-25(13-10-16)11-1-3-19-4-2-14-28-19/h1-8,14-16H,9-13H2,(H,22,27). The van der Waals surface area contributed by atoms with Crippen LogP contribution < -0.4 is 5.32 Å². The molecule has 28 heavy (non-hydrogen) atoms. The van der Waals surface area contributed by atoms with E-state index in [-0.39, 0.29) is 11.8 Å². The van der Waals surface area contributed by atoms with Gasteiger partial charge in [0.1, 0.15) is 12.1 Å². The van der Waals surface area contributed by atoms with Crippen molar-refractivity contribution in [3.63, 3.8) is 0 Å². The highest BCUT2D eigenvalue weighted by Gasteiger charge is 2.24. The summed E-state index contributed by atoms with van der Waals surface area (Å²) in [6, 6.07) is 11.3. The van der Waals surface area contributed by atoms with Gasteiger partial charge < -0.3 is 9.73 Å². The summed E-state index contributed by atoms with van der Waals surface area (Å²) in [5.41, 5.74) is 1.63. The van der Waals surface area contributed by atoms with Gasteiger partial charge in [0.15, 0.2) is 0 Å². The zero-order chi connectivity index (χ0) is 19.2. The van der Waals surface area contributed by atoms with Crippen LogP contribution in [0.1, 0.15) is 18.6 Å². The highest BCUT2D eigenvalue weighted by atomic mass is 16.3. The molecule has 1 saturated heterocycles.